The van der Waals surface area contributed by atoms with Gasteiger partial charge in [0.25, 0.3) is 0 Å². The van der Waals surface area contributed by atoms with Gasteiger partial charge >= 0.3 is 0 Å². The zero-order chi connectivity index (χ0) is 18.5. The Hall–Kier alpha value is -1.84. The first-order valence-electron chi connectivity index (χ1n) is 9.22. The third-order valence-electron chi connectivity index (χ3n) is 4.66. The molecule has 2 aromatic rings. The number of anilines is 1. The average Bonchev–Trinajstić information content (AvgIpc) is 3.28. The average molecular weight is 483 g/mol. The fourth-order valence-corrected chi connectivity index (χ4v) is 3.26. The van der Waals surface area contributed by atoms with Crippen molar-refractivity contribution in [2.75, 3.05) is 38.6 Å². The van der Waals surface area contributed by atoms with Crippen molar-refractivity contribution in [2.24, 2.45) is 12.0 Å². The molecule has 1 aliphatic heterocycles. The minimum atomic E-state index is 0. The van der Waals surface area contributed by atoms with Gasteiger partial charge in [-0.2, -0.15) is 5.10 Å². The van der Waals surface area contributed by atoms with Gasteiger partial charge < -0.3 is 15.1 Å². The molecule has 1 unspecified atom stereocenters. The second-order valence-corrected chi connectivity index (χ2v) is 6.93. The molecule has 1 atom stereocenters. The van der Waals surface area contributed by atoms with Gasteiger partial charge in [-0.1, -0.05) is 6.07 Å². The van der Waals surface area contributed by atoms with E-state index in [2.05, 4.69) is 33.4 Å². The Balaban J connectivity index is 0.00000261. The highest BCUT2D eigenvalue weighted by atomic mass is 127. The number of nitrogens with one attached hydrogen (secondary N) is 1. The van der Waals surface area contributed by atoms with E-state index in [0.29, 0.717) is 12.5 Å². The van der Waals surface area contributed by atoms with Crippen molar-refractivity contribution in [3.63, 3.8) is 0 Å². The lowest BCUT2D eigenvalue weighted by Gasteiger charge is -2.21. The van der Waals surface area contributed by atoms with Crippen molar-refractivity contribution in [3.05, 3.63) is 41.9 Å². The normalized spacial score (nSPS) is 17.0. The lowest BCUT2D eigenvalue weighted by atomic mass is 10.0. The molecular formula is C19H30IN7. The maximum Gasteiger partial charge on any atom is 0.194 e. The zero-order valence-electron chi connectivity index (χ0n) is 16.6. The maximum atomic E-state index is 4.83. The van der Waals surface area contributed by atoms with Crippen LogP contribution in [0.3, 0.4) is 0 Å². The van der Waals surface area contributed by atoms with Gasteiger partial charge in [0.15, 0.2) is 5.96 Å². The predicted octanol–water partition coefficient (Wildman–Crippen LogP) is 2.45. The summed E-state index contributed by atoms with van der Waals surface area (Å²) in [6.07, 6.45) is 5.23. The Labute approximate surface area is 178 Å². The van der Waals surface area contributed by atoms with Crippen molar-refractivity contribution < 1.29 is 0 Å². The van der Waals surface area contributed by atoms with E-state index in [1.165, 1.54) is 5.56 Å². The molecule has 1 aliphatic rings. The molecule has 2 aromatic heterocycles. The van der Waals surface area contributed by atoms with Crippen molar-refractivity contribution in [1.29, 1.82) is 0 Å². The number of aryl methyl sites for hydroxylation is 1. The van der Waals surface area contributed by atoms with E-state index in [9.17, 15) is 0 Å². The smallest absolute Gasteiger partial charge is 0.194 e. The highest BCUT2D eigenvalue weighted by Gasteiger charge is 2.26. The van der Waals surface area contributed by atoms with E-state index in [-0.39, 0.29) is 24.0 Å². The van der Waals surface area contributed by atoms with Crippen LogP contribution in [0.5, 0.6) is 0 Å². The summed E-state index contributed by atoms with van der Waals surface area (Å²) in [5.74, 6) is 2.44. The molecular weight excluding hydrogens is 453 g/mol. The van der Waals surface area contributed by atoms with Gasteiger partial charge in [0.1, 0.15) is 5.82 Å². The van der Waals surface area contributed by atoms with Gasteiger partial charge in [-0.05, 0) is 31.0 Å². The molecule has 0 saturated carbocycles. The first-order chi connectivity index (χ1) is 12.6. The van der Waals surface area contributed by atoms with Gasteiger partial charge in [0.2, 0.25) is 0 Å². The zero-order valence-corrected chi connectivity index (χ0v) is 18.9. The second-order valence-electron chi connectivity index (χ2n) is 6.93. The van der Waals surface area contributed by atoms with E-state index >= 15 is 0 Å². The summed E-state index contributed by atoms with van der Waals surface area (Å²) in [7, 11) is 5.97. The second kappa shape index (κ2) is 9.91. The van der Waals surface area contributed by atoms with Crippen molar-refractivity contribution in [1.82, 2.24) is 25.0 Å². The van der Waals surface area contributed by atoms with Crippen LogP contribution in [-0.2, 0) is 13.6 Å². The van der Waals surface area contributed by atoms with Crippen LogP contribution in [0.1, 0.15) is 30.5 Å². The molecule has 1 saturated heterocycles. The summed E-state index contributed by atoms with van der Waals surface area (Å²) in [5.41, 5.74) is 2.29. The number of hydrogen-bond donors (Lipinski definition) is 1. The monoisotopic (exact) mass is 483 g/mol. The van der Waals surface area contributed by atoms with E-state index in [1.807, 2.05) is 55.1 Å². The number of nitrogens with zero attached hydrogens (tertiary/aromatic N) is 6. The van der Waals surface area contributed by atoms with Crippen LogP contribution < -0.4 is 10.2 Å². The standard InChI is InChI=1S/C19H29N7.HI/c1-5-20-19(21-12-17-7-6-8-18(23-17)24(2)3)26-10-9-15(14-26)16-11-22-25(4)13-16;/h6-8,11,13,15H,5,9-10,12,14H2,1-4H3,(H,20,21);1H. The van der Waals surface area contributed by atoms with Crippen molar-refractivity contribution in [2.45, 2.75) is 25.8 Å². The molecule has 8 heteroatoms. The van der Waals surface area contributed by atoms with E-state index in [1.54, 1.807) is 0 Å². The Bertz CT molecular complexity index is 756. The summed E-state index contributed by atoms with van der Waals surface area (Å²) in [6, 6.07) is 6.08. The largest absolute Gasteiger partial charge is 0.363 e. The third-order valence-corrected chi connectivity index (χ3v) is 4.66. The number of aromatic nitrogens is 3. The molecule has 0 aromatic carbocycles. The molecule has 0 spiro atoms. The van der Waals surface area contributed by atoms with Crippen LogP contribution >= 0.6 is 24.0 Å². The number of hydrogen-bond acceptors (Lipinski definition) is 4. The minimum absolute atomic E-state index is 0. The van der Waals surface area contributed by atoms with E-state index in [4.69, 9.17) is 4.99 Å². The molecule has 1 N–H and O–H groups in total. The fraction of sp³-hybridized carbons (Fsp3) is 0.526. The molecule has 0 aliphatic carbocycles. The van der Waals surface area contributed by atoms with Crippen LogP contribution in [-0.4, -0.2) is 59.4 Å². The van der Waals surface area contributed by atoms with Crippen LogP contribution in [0.2, 0.25) is 0 Å². The predicted molar refractivity (Wildman–Crippen MR) is 121 cm³/mol. The first kappa shape index (κ1) is 21.5. The fourth-order valence-electron chi connectivity index (χ4n) is 3.26. The number of likely N-dealkylation sites (tertiary alicyclic amines) is 1. The molecule has 0 radical (unpaired) electrons. The molecule has 1 fully saturated rings. The van der Waals surface area contributed by atoms with E-state index < -0.39 is 0 Å². The van der Waals surface area contributed by atoms with Gasteiger partial charge in [0, 0.05) is 52.9 Å². The van der Waals surface area contributed by atoms with Gasteiger partial charge in [-0.3, -0.25) is 4.68 Å². The quantitative estimate of drug-likeness (QED) is 0.402. The molecule has 27 heavy (non-hydrogen) atoms. The van der Waals surface area contributed by atoms with Crippen LogP contribution in [0.25, 0.3) is 0 Å². The number of pyridine rings is 1. The molecule has 3 heterocycles. The van der Waals surface area contributed by atoms with Crippen LogP contribution in [0.4, 0.5) is 5.82 Å². The number of aliphatic imine (C=N–C) groups is 1. The van der Waals surface area contributed by atoms with Gasteiger partial charge in [-0.15, -0.1) is 24.0 Å². The van der Waals surface area contributed by atoms with Crippen molar-refractivity contribution >= 4 is 35.8 Å². The lowest BCUT2D eigenvalue weighted by molar-refractivity contribution is 0.486. The number of guanidine groups is 1. The Morgan fingerprint density at radius 1 is 1.37 bits per heavy atom. The van der Waals surface area contributed by atoms with Crippen LogP contribution in [0.15, 0.2) is 35.6 Å². The molecule has 3 rings (SSSR count). The molecule has 148 valence electrons. The first-order valence-corrected chi connectivity index (χ1v) is 9.22. The molecule has 0 amide bonds. The number of halogens is 1. The summed E-state index contributed by atoms with van der Waals surface area (Å²) in [5, 5.41) is 7.73. The summed E-state index contributed by atoms with van der Waals surface area (Å²) in [4.78, 5) is 13.8. The summed E-state index contributed by atoms with van der Waals surface area (Å²) < 4.78 is 1.88. The Morgan fingerprint density at radius 3 is 2.85 bits per heavy atom. The minimum Gasteiger partial charge on any atom is -0.363 e. The Kier molecular flexibility index (Phi) is 7.88. The summed E-state index contributed by atoms with van der Waals surface area (Å²) >= 11 is 0. The molecule has 7 nitrogen and oxygen atoms in total. The van der Waals surface area contributed by atoms with Crippen LogP contribution in [0, 0.1) is 0 Å². The third kappa shape index (κ3) is 5.57. The summed E-state index contributed by atoms with van der Waals surface area (Å²) in [6.45, 7) is 5.53. The lowest BCUT2D eigenvalue weighted by Crippen LogP contribution is -2.40. The Morgan fingerprint density at radius 2 is 2.19 bits per heavy atom. The highest BCUT2D eigenvalue weighted by molar-refractivity contribution is 14.0. The topological polar surface area (TPSA) is 61.6 Å². The number of rotatable bonds is 5. The van der Waals surface area contributed by atoms with Crippen molar-refractivity contribution in [3.8, 4) is 0 Å². The molecule has 0 bridgehead atoms. The highest BCUT2D eigenvalue weighted by Crippen LogP contribution is 2.26. The SMILES string of the molecule is CCNC(=NCc1cccc(N(C)C)n1)N1CCC(c2cnn(C)c2)C1.I. The maximum absolute atomic E-state index is 4.83. The van der Waals surface area contributed by atoms with Gasteiger partial charge in [0.05, 0.1) is 18.4 Å². The van der Waals surface area contributed by atoms with Gasteiger partial charge in [-0.25, -0.2) is 9.98 Å². The van der Waals surface area contributed by atoms with E-state index in [0.717, 1.165) is 43.5 Å².